The molecule has 2 amide bonds. The summed E-state index contributed by atoms with van der Waals surface area (Å²) in [7, 11) is 0. The molecule has 0 saturated carbocycles. The first-order chi connectivity index (χ1) is 11.4. The van der Waals surface area contributed by atoms with E-state index in [-0.39, 0.29) is 18.7 Å². The highest BCUT2D eigenvalue weighted by Crippen LogP contribution is 2.32. The van der Waals surface area contributed by atoms with Crippen molar-refractivity contribution in [3.63, 3.8) is 0 Å². The van der Waals surface area contributed by atoms with E-state index in [4.69, 9.17) is 10.5 Å². The van der Waals surface area contributed by atoms with Crippen LogP contribution in [0.15, 0.2) is 42.5 Å². The van der Waals surface area contributed by atoms with E-state index < -0.39 is 17.8 Å². The number of ether oxygens (including phenoxy) is 1. The zero-order valence-electron chi connectivity index (χ0n) is 13.2. The molecular formula is C18H16N2O4. The number of amides is 2. The summed E-state index contributed by atoms with van der Waals surface area (Å²) in [6.45, 7) is 4.91. The van der Waals surface area contributed by atoms with Gasteiger partial charge in [-0.1, -0.05) is 18.7 Å². The van der Waals surface area contributed by atoms with Gasteiger partial charge in [0.2, 0.25) is 0 Å². The fourth-order valence-electron chi connectivity index (χ4n) is 2.72. The predicted octanol–water partition coefficient (Wildman–Crippen LogP) is 2.14. The third-order valence-corrected chi connectivity index (χ3v) is 3.92. The number of imide groups is 1. The molecule has 0 radical (unpaired) electrons. The van der Waals surface area contributed by atoms with Crippen LogP contribution in [0.2, 0.25) is 0 Å². The number of benzene rings is 2. The van der Waals surface area contributed by atoms with Gasteiger partial charge in [-0.05, 0) is 25.1 Å². The number of esters is 1. The fraction of sp³-hybridized carbons (Fsp3) is 0.167. The molecule has 1 aliphatic heterocycles. The molecule has 0 fully saturated rings. The van der Waals surface area contributed by atoms with E-state index in [1.165, 1.54) is 6.92 Å². The van der Waals surface area contributed by atoms with Crippen molar-refractivity contribution in [2.45, 2.75) is 6.92 Å². The number of nitrogen functional groups attached to an aromatic ring is 1. The number of carbonyl (C=O) groups is 3. The molecule has 0 atom stereocenters. The Morgan fingerprint density at radius 2 is 1.83 bits per heavy atom. The third kappa shape index (κ3) is 2.42. The van der Waals surface area contributed by atoms with Gasteiger partial charge in [-0.25, -0.2) is 4.79 Å². The van der Waals surface area contributed by atoms with Gasteiger partial charge in [-0.2, -0.15) is 0 Å². The molecule has 0 aliphatic carbocycles. The molecule has 0 aromatic heterocycles. The van der Waals surface area contributed by atoms with Crippen molar-refractivity contribution in [2.75, 3.05) is 18.9 Å². The summed E-state index contributed by atoms with van der Waals surface area (Å²) in [4.78, 5) is 37.8. The summed E-state index contributed by atoms with van der Waals surface area (Å²) >= 11 is 0. The second-order valence-corrected chi connectivity index (χ2v) is 5.61. The molecule has 2 aromatic carbocycles. The minimum Gasteiger partial charge on any atom is -0.460 e. The van der Waals surface area contributed by atoms with Gasteiger partial charge in [0.25, 0.3) is 11.8 Å². The molecule has 0 unspecified atom stereocenters. The number of hydrogen-bond donors (Lipinski definition) is 1. The second kappa shape index (κ2) is 5.81. The van der Waals surface area contributed by atoms with Gasteiger partial charge >= 0.3 is 5.97 Å². The quantitative estimate of drug-likeness (QED) is 0.403. The van der Waals surface area contributed by atoms with Crippen molar-refractivity contribution in [3.8, 4) is 0 Å². The summed E-state index contributed by atoms with van der Waals surface area (Å²) in [5.41, 5.74) is 7.55. The van der Waals surface area contributed by atoms with Gasteiger partial charge in [0.1, 0.15) is 6.61 Å². The summed E-state index contributed by atoms with van der Waals surface area (Å²) < 4.78 is 4.98. The molecule has 0 saturated heterocycles. The van der Waals surface area contributed by atoms with E-state index >= 15 is 0 Å². The Morgan fingerprint density at radius 3 is 2.50 bits per heavy atom. The lowest BCUT2D eigenvalue weighted by atomic mass is 9.93. The molecule has 0 bridgehead atoms. The van der Waals surface area contributed by atoms with Crippen LogP contribution in [0.1, 0.15) is 27.6 Å². The first kappa shape index (κ1) is 15.7. The maximum Gasteiger partial charge on any atom is 0.333 e. The number of nitrogens with zero attached hydrogens (tertiary/aromatic N) is 1. The number of rotatable bonds is 4. The minimum atomic E-state index is -0.554. The Hall–Kier alpha value is -3.15. The first-order valence-corrected chi connectivity index (χ1v) is 7.42. The van der Waals surface area contributed by atoms with E-state index in [1.807, 2.05) is 0 Å². The van der Waals surface area contributed by atoms with Crippen molar-refractivity contribution in [1.29, 1.82) is 0 Å². The Labute approximate surface area is 138 Å². The summed E-state index contributed by atoms with van der Waals surface area (Å²) in [5, 5.41) is 1.25. The molecule has 1 aliphatic rings. The Kier molecular flexibility index (Phi) is 3.81. The van der Waals surface area contributed by atoms with E-state index in [1.54, 1.807) is 30.3 Å². The van der Waals surface area contributed by atoms with Crippen LogP contribution in [0.4, 0.5) is 5.69 Å². The normalized spacial score (nSPS) is 13.3. The largest absolute Gasteiger partial charge is 0.460 e. The van der Waals surface area contributed by atoms with Gasteiger partial charge in [0.05, 0.1) is 6.54 Å². The summed E-state index contributed by atoms with van der Waals surface area (Å²) in [6.07, 6.45) is 0. The van der Waals surface area contributed by atoms with Crippen LogP contribution in [0.3, 0.4) is 0 Å². The lowest BCUT2D eigenvalue weighted by Gasteiger charge is -2.27. The summed E-state index contributed by atoms with van der Waals surface area (Å²) in [5.74, 6) is -1.40. The van der Waals surface area contributed by atoms with Crippen molar-refractivity contribution in [2.24, 2.45) is 0 Å². The average molecular weight is 324 g/mol. The second-order valence-electron chi connectivity index (χ2n) is 5.61. The van der Waals surface area contributed by atoms with Crippen LogP contribution in [0.5, 0.6) is 0 Å². The average Bonchev–Trinajstić information content (AvgIpc) is 2.56. The molecule has 6 heteroatoms. The number of anilines is 1. The zero-order chi connectivity index (χ0) is 17.4. The molecular weight excluding hydrogens is 308 g/mol. The molecule has 6 nitrogen and oxygen atoms in total. The maximum absolute atomic E-state index is 12.6. The van der Waals surface area contributed by atoms with Crippen LogP contribution in [0.25, 0.3) is 10.8 Å². The molecule has 24 heavy (non-hydrogen) atoms. The van der Waals surface area contributed by atoms with Gasteiger partial charge in [0.15, 0.2) is 0 Å². The van der Waals surface area contributed by atoms with E-state index in [9.17, 15) is 14.4 Å². The van der Waals surface area contributed by atoms with Gasteiger partial charge in [-0.3, -0.25) is 14.5 Å². The fourth-order valence-corrected chi connectivity index (χ4v) is 2.72. The van der Waals surface area contributed by atoms with Gasteiger partial charge in [-0.15, -0.1) is 0 Å². The van der Waals surface area contributed by atoms with Crippen molar-refractivity contribution >= 4 is 34.2 Å². The van der Waals surface area contributed by atoms with E-state index in [2.05, 4.69) is 6.58 Å². The number of carbonyl (C=O) groups excluding carboxylic acids is 3. The molecule has 0 spiro atoms. The van der Waals surface area contributed by atoms with Gasteiger partial charge in [0, 0.05) is 33.2 Å². The number of nitrogens with two attached hydrogens (primary N) is 1. The Morgan fingerprint density at radius 1 is 1.17 bits per heavy atom. The lowest BCUT2D eigenvalue weighted by Crippen LogP contribution is -2.42. The predicted molar refractivity (Wildman–Crippen MR) is 89.5 cm³/mol. The van der Waals surface area contributed by atoms with Crippen molar-refractivity contribution < 1.29 is 19.1 Å². The minimum absolute atomic E-state index is 0.0170. The van der Waals surface area contributed by atoms with Crippen LogP contribution in [-0.4, -0.2) is 35.8 Å². The highest BCUT2D eigenvalue weighted by atomic mass is 16.5. The highest BCUT2D eigenvalue weighted by Gasteiger charge is 2.33. The van der Waals surface area contributed by atoms with E-state index in [0.29, 0.717) is 27.6 Å². The smallest absolute Gasteiger partial charge is 0.333 e. The topological polar surface area (TPSA) is 89.7 Å². The SMILES string of the molecule is C=C(C)C(=O)OCCN1C(=O)c2cccc3c(N)ccc(c23)C1=O. The zero-order valence-corrected chi connectivity index (χ0v) is 13.2. The highest BCUT2D eigenvalue weighted by molar-refractivity contribution is 6.26. The van der Waals surface area contributed by atoms with E-state index in [0.717, 1.165) is 4.90 Å². The number of hydrogen-bond acceptors (Lipinski definition) is 5. The van der Waals surface area contributed by atoms with Crippen molar-refractivity contribution in [3.05, 3.63) is 53.6 Å². The Balaban J connectivity index is 1.92. The maximum atomic E-state index is 12.6. The van der Waals surface area contributed by atoms with Gasteiger partial charge < -0.3 is 10.5 Å². The molecule has 1 heterocycles. The van der Waals surface area contributed by atoms with Crippen molar-refractivity contribution in [1.82, 2.24) is 4.90 Å². The van der Waals surface area contributed by atoms with Crippen LogP contribution in [-0.2, 0) is 9.53 Å². The molecule has 122 valence electrons. The summed E-state index contributed by atoms with van der Waals surface area (Å²) in [6, 6.07) is 8.43. The third-order valence-electron chi connectivity index (χ3n) is 3.92. The Bertz CT molecular complexity index is 879. The first-order valence-electron chi connectivity index (χ1n) is 7.42. The van der Waals surface area contributed by atoms with Crippen LogP contribution >= 0.6 is 0 Å². The molecule has 3 rings (SSSR count). The van der Waals surface area contributed by atoms with Crippen LogP contribution in [0, 0.1) is 0 Å². The monoisotopic (exact) mass is 324 g/mol. The standard InChI is InChI=1S/C18H16N2O4/c1-10(2)18(23)24-9-8-20-16(21)12-5-3-4-11-14(19)7-6-13(15(11)12)17(20)22/h3-7H,1,8-9,19H2,2H3. The molecule has 2 aromatic rings. The van der Waals surface area contributed by atoms with Crippen LogP contribution < -0.4 is 5.73 Å². The molecule has 2 N–H and O–H groups in total. The lowest BCUT2D eigenvalue weighted by molar-refractivity contribution is -0.139.